The van der Waals surface area contributed by atoms with E-state index in [0.29, 0.717) is 18.5 Å². The minimum absolute atomic E-state index is 0.181. The molecule has 2 saturated carbocycles. The van der Waals surface area contributed by atoms with Crippen molar-refractivity contribution in [2.45, 2.75) is 71.3 Å². The zero-order valence-electron chi connectivity index (χ0n) is 12.7. The van der Waals surface area contributed by atoms with Gasteiger partial charge in [0.2, 0.25) is 5.91 Å². The van der Waals surface area contributed by atoms with Crippen molar-refractivity contribution >= 4 is 5.91 Å². The van der Waals surface area contributed by atoms with Gasteiger partial charge in [-0.05, 0) is 50.5 Å². The first kappa shape index (κ1) is 14.8. The summed E-state index contributed by atoms with van der Waals surface area (Å²) in [5.41, 5.74) is 5.81. The molecule has 1 unspecified atom stereocenters. The molecule has 2 fully saturated rings. The number of rotatable bonds is 5. The standard InChI is InChI=1S/C16H30N2O/c1-16(2)10-4-3-9-14(16)15(19)18(12-6-11-17)13-7-5-8-13/h13-14H,3-12,17H2,1-2H3. The summed E-state index contributed by atoms with van der Waals surface area (Å²) in [6.45, 7) is 6.10. The lowest BCUT2D eigenvalue weighted by Gasteiger charge is -2.44. The third-order valence-electron chi connectivity index (χ3n) is 5.21. The second-order valence-corrected chi connectivity index (χ2v) is 7.05. The summed E-state index contributed by atoms with van der Waals surface area (Å²) < 4.78 is 0. The molecule has 2 aliphatic rings. The van der Waals surface area contributed by atoms with Crippen LogP contribution >= 0.6 is 0 Å². The Hall–Kier alpha value is -0.570. The molecule has 3 nitrogen and oxygen atoms in total. The SMILES string of the molecule is CC1(C)CCCCC1C(=O)N(CCCN)C1CCC1. The Balaban J connectivity index is 2.04. The van der Waals surface area contributed by atoms with Crippen LogP contribution in [0.4, 0.5) is 0 Å². The lowest BCUT2D eigenvalue weighted by Crippen LogP contribution is -2.50. The maximum Gasteiger partial charge on any atom is 0.226 e. The van der Waals surface area contributed by atoms with Crippen molar-refractivity contribution in [2.24, 2.45) is 17.1 Å². The predicted octanol–water partition coefficient (Wildman–Crippen LogP) is 2.93. The van der Waals surface area contributed by atoms with Gasteiger partial charge in [0.1, 0.15) is 0 Å². The van der Waals surface area contributed by atoms with Gasteiger partial charge in [-0.3, -0.25) is 4.79 Å². The fraction of sp³-hybridized carbons (Fsp3) is 0.938. The van der Waals surface area contributed by atoms with Crippen LogP contribution in [0.1, 0.15) is 65.2 Å². The number of hydrogen-bond donors (Lipinski definition) is 1. The van der Waals surface area contributed by atoms with Crippen molar-refractivity contribution in [3.05, 3.63) is 0 Å². The molecular formula is C16H30N2O. The Bertz CT molecular complexity index is 310. The van der Waals surface area contributed by atoms with E-state index in [-0.39, 0.29) is 11.3 Å². The highest BCUT2D eigenvalue weighted by molar-refractivity contribution is 5.80. The third kappa shape index (κ3) is 3.31. The summed E-state index contributed by atoms with van der Waals surface area (Å²) in [4.78, 5) is 15.1. The third-order valence-corrected chi connectivity index (χ3v) is 5.21. The van der Waals surface area contributed by atoms with Gasteiger partial charge in [-0.1, -0.05) is 26.7 Å². The van der Waals surface area contributed by atoms with E-state index < -0.39 is 0 Å². The average molecular weight is 266 g/mol. The summed E-state index contributed by atoms with van der Waals surface area (Å²) in [6, 6.07) is 0.511. The quantitative estimate of drug-likeness (QED) is 0.831. The average Bonchev–Trinajstić information content (AvgIpc) is 2.30. The van der Waals surface area contributed by atoms with E-state index >= 15 is 0 Å². The van der Waals surface area contributed by atoms with Crippen LogP contribution in [-0.4, -0.2) is 29.9 Å². The minimum atomic E-state index is 0.181. The van der Waals surface area contributed by atoms with Crippen molar-refractivity contribution < 1.29 is 4.79 Å². The van der Waals surface area contributed by atoms with Crippen LogP contribution in [-0.2, 0) is 4.79 Å². The Labute approximate surface area is 117 Å². The topological polar surface area (TPSA) is 46.3 Å². The van der Waals surface area contributed by atoms with Crippen LogP contribution in [0.2, 0.25) is 0 Å². The number of carbonyl (C=O) groups excluding carboxylic acids is 1. The van der Waals surface area contributed by atoms with Crippen LogP contribution in [0.3, 0.4) is 0 Å². The fourth-order valence-corrected chi connectivity index (χ4v) is 3.58. The van der Waals surface area contributed by atoms with E-state index in [9.17, 15) is 4.79 Å². The molecule has 2 rings (SSSR count). The molecule has 110 valence electrons. The van der Waals surface area contributed by atoms with Crippen molar-refractivity contribution in [1.82, 2.24) is 4.90 Å². The molecule has 0 spiro atoms. The van der Waals surface area contributed by atoms with Crippen molar-refractivity contribution in [2.75, 3.05) is 13.1 Å². The minimum Gasteiger partial charge on any atom is -0.339 e. The number of nitrogens with two attached hydrogens (primary N) is 1. The normalized spacial score (nSPS) is 26.8. The molecule has 3 heteroatoms. The molecule has 0 heterocycles. The molecule has 0 radical (unpaired) electrons. The summed E-state index contributed by atoms with van der Waals surface area (Å²) in [7, 11) is 0. The summed E-state index contributed by atoms with van der Waals surface area (Å²) >= 11 is 0. The molecule has 0 aromatic carbocycles. The van der Waals surface area contributed by atoms with Gasteiger partial charge >= 0.3 is 0 Å². The van der Waals surface area contributed by atoms with E-state index in [0.717, 1.165) is 19.4 Å². The fourth-order valence-electron chi connectivity index (χ4n) is 3.58. The van der Waals surface area contributed by atoms with E-state index in [4.69, 9.17) is 5.73 Å². The zero-order valence-corrected chi connectivity index (χ0v) is 12.7. The molecule has 0 saturated heterocycles. The zero-order chi connectivity index (χ0) is 13.9. The lowest BCUT2D eigenvalue weighted by molar-refractivity contribution is -0.145. The number of hydrogen-bond acceptors (Lipinski definition) is 2. The van der Waals surface area contributed by atoms with Crippen molar-refractivity contribution in [3.8, 4) is 0 Å². The largest absolute Gasteiger partial charge is 0.339 e. The molecule has 0 aromatic heterocycles. The van der Waals surface area contributed by atoms with E-state index in [1.165, 1.54) is 38.5 Å². The summed E-state index contributed by atoms with van der Waals surface area (Å²) in [5.74, 6) is 0.655. The number of carbonyl (C=O) groups is 1. The monoisotopic (exact) mass is 266 g/mol. The number of amides is 1. The molecule has 0 aliphatic heterocycles. The molecule has 2 N–H and O–H groups in total. The molecular weight excluding hydrogens is 236 g/mol. The van der Waals surface area contributed by atoms with Gasteiger partial charge in [-0.25, -0.2) is 0 Å². The van der Waals surface area contributed by atoms with Crippen LogP contribution < -0.4 is 5.73 Å². The second-order valence-electron chi connectivity index (χ2n) is 7.05. The smallest absolute Gasteiger partial charge is 0.226 e. The lowest BCUT2D eigenvalue weighted by atomic mass is 9.68. The maximum absolute atomic E-state index is 12.9. The Morgan fingerprint density at radius 3 is 2.47 bits per heavy atom. The first-order valence-corrected chi connectivity index (χ1v) is 8.07. The molecule has 19 heavy (non-hydrogen) atoms. The first-order chi connectivity index (χ1) is 9.06. The first-order valence-electron chi connectivity index (χ1n) is 8.07. The highest BCUT2D eigenvalue weighted by Crippen LogP contribution is 2.42. The van der Waals surface area contributed by atoms with Gasteiger partial charge < -0.3 is 10.6 Å². The van der Waals surface area contributed by atoms with Crippen LogP contribution in [0.25, 0.3) is 0 Å². The Morgan fingerprint density at radius 2 is 1.95 bits per heavy atom. The van der Waals surface area contributed by atoms with Gasteiger partial charge in [0.25, 0.3) is 0 Å². The van der Waals surface area contributed by atoms with Crippen molar-refractivity contribution in [3.63, 3.8) is 0 Å². The van der Waals surface area contributed by atoms with Gasteiger partial charge in [0.05, 0.1) is 0 Å². The van der Waals surface area contributed by atoms with Crippen LogP contribution in [0.5, 0.6) is 0 Å². The van der Waals surface area contributed by atoms with Crippen molar-refractivity contribution in [1.29, 1.82) is 0 Å². The highest BCUT2D eigenvalue weighted by Gasteiger charge is 2.41. The predicted molar refractivity (Wildman–Crippen MR) is 78.8 cm³/mol. The van der Waals surface area contributed by atoms with Gasteiger partial charge in [0, 0.05) is 18.5 Å². The highest BCUT2D eigenvalue weighted by atomic mass is 16.2. The second kappa shape index (κ2) is 6.25. The summed E-state index contributed by atoms with van der Waals surface area (Å²) in [6.07, 6.45) is 9.39. The maximum atomic E-state index is 12.9. The molecule has 0 aromatic rings. The molecule has 2 aliphatic carbocycles. The molecule has 1 amide bonds. The van der Waals surface area contributed by atoms with E-state index in [1.54, 1.807) is 0 Å². The molecule has 0 bridgehead atoms. The Kier molecular flexibility index (Phi) is 4.88. The van der Waals surface area contributed by atoms with Gasteiger partial charge in [0.15, 0.2) is 0 Å². The van der Waals surface area contributed by atoms with Crippen LogP contribution in [0, 0.1) is 11.3 Å². The van der Waals surface area contributed by atoms with Gasteiger partial charge in [-0.15, -0.1) is 0 Å². The van der Waals surface area contributed by atoms with E-state index in [1.807, 2.05) is 0 Å². The summed E-state index contributed by atoms with van der Waals surface area (Å²) in [5, 5.41) is 0. The number of nitrogens with zero attached hydrogens (tertiary/aromatic N) is 1. The van der Waals surface area contributed by atoms with E-state index in [2.05, 4.69) is 18.7 Å². The van der Waals surface area contributed by atoms with Gasteiger partial charge in [-0.2, -0.15) is 0 Å². The Morgan fingerprint density at radius 1 is 1.21 bits per heavy atom. The molecule has 1 atom stereocenters. The van der Waals surface area contributed by atoms with Crippen LogP contribution in [0.15, 0.2) is 0 Å².